The molecule has 0 unspecified atom stereocenters. The van der Waals surface area contributed by atoms with E-state index < -0.39 is 0 Å². The number of rotatable bonds is 2. The summed E-state index contributed by atoms with van der Waals surface area (Å²) in [6, 6.07) is 5.83. The number of anilines is 1. The zero-order valence-electron chi connectivity index (χ0n) is 10.2. The molecule has 2 nitrogen and oxygen atoms in total. The van der Waals surface area contributed by atoms with Crippen LogP contribution in [0.3, 0.4) is 0 Å². The number of aliphatic hydroxyl groups excluding tert-OH is 1. The molecule has 1 fully saturated rings. The fraction of sp³-hybridized carbons (Fsp3) is 0.538. The summed E-state index contributed by atoms with van der Waals surface area (Å²) in [5.74, 6) is 1.12. The first kappa shape index (κ1) is 13.1. The van der Waals surface area contributed by atoms with Gasteiger partial charge in [-0.1, -0.05) is 17.7 Å². The van der Waals surface area contributed by atoms with Crippen LogP contribution in [0.1, 0.15) is 19.4 Å². The van der Waals surface area contributed by atoms with Crippen LogP contribution in [0.4, 0.5) is 5.69 Å². The van der Waals surface area contributed by atoms with Gasteiger partial charge in [-0.05, 0) is 26.0 Å². The highest BCUT2D eigenvalue weighted by molar-refractivity contribution is 8.00. The van der Waals surface area contributed by atoms with Crippen molar-refractivity contribution in [2.75, 3.05) is 23.7 Å². The van der Waals surface area contributed by atoms with Crippen molar-refractivity contribution in [1.82, 2.24) is 0 Å². The van der Waals surface area contributed by atoms with Crippen LogP contribution in [0.15, 0.2) is 18.2 Å². The van der Waals surface area contributed by atoms with Crippen LogP contribution in [0, 0.1) is 0 Å². The number of benzene rings is 1. The van der Waals surface area contributed by atoms with Gasteiger partial charge >= 0.3 is 0 Å². The molecule has 0 bridgehead atoms. The maximum Gasteiger partial charge on any atom is 0.0716 e. The van der Waals surface area contributed by atoms with Crippen molar-refractivity contribution in [2.45, 2.75) is 25.2 Å². The van der Waals surface area contributed by atoms with E-state index in [1.165, 1.54) is 0 Å². The molecular formula is C13H18ClNOS. The van der Waals surface area contributed by atoms with Crippen molar-refractivity contribution < 1.29 is 5.11 Å². The van der Waals surface area contributed by atoms with E-state index in [0.717, 1.165) is 30.1 Å². The average molecular weight is 272 g/mol. The zero-order valence-corrected chi connectivity index (χ0v) is 11.8. The van der Waals surface area contributed by atoms with E-state index in [4.69, 9.17) is 11.6 Å². The fourth-order valence-electron chi connectivity index (χ4n) is 2.22. The van der Waals surface area contributed by atoms with Gasteiger partial charge in [0.15, 0.2) is 0 Å². The van der Waals surface area contributed by atoms with Gasteiger partial charge in [-0.15, -0.1) is 0 Å². The predicted molar refractivity (Wildman–Crippen MR) is 76.1 cm³/mol. The van der Waals surface area contributed by atoms with Crippen LogP contribution < -0.4 is 4.90 Å². The Morgan fingerprint density at radius 1 is 1.47 bits per heavy atom. The van der Waals surface area contributed by atoms with E-state index in [1.807, 2.05) is 30.0 Å². The quantitative estimate of drug-likeness (QED) is 0.894. The Labute approximate surface area is 112 Å². The van der Waals surface area contributed by atoms with Crippen LogP contribution in [-0.2, 0) is 6.61 Å². The van der Waals surface area contributed by atoms with Crippen LogP contribution in [0.2, 0.25) is 5.02 Å². The van der Waals surface area contributed by atoms with Gasteiger partial charge in [0.25, 0.3) is 0 Å². The molecule has 2 rings (SSSR count). The first-order chi connectivity index (χ1) is 8.03. The third-order valence-corrected chi connectivity index (χ3v) is 4.67. The molecular weight excluding hydrogens is 254 g/mol. The lowest BCUT2D eigenvalue weighted by molar-refractivity contribution is 0.282. The normalized spacial score (nSPS) is 19.4. The number of thioether (sulfide) groups is 1. The number of halogens is 1. The van der Waals surface area contributed by atoms with E-state index >= 15 is 0 Å². The Kier molecular flexibility index (Phi) is 3.91. The number of hydrogen-bond donors (Lipinski definition) is 1. The second kappa shape index (κ2) is 5.09. The molecule has 0 aliphatic carbocycles. The molecule has 1 saturated heterocycles. The predicted octanol–water partition coefficient (Wildman–Crippen LogP) is 3.16. The summed E-state index contributed by atoms with van der Waals surface area (Å²) in [7, 11) is 0. The van der Waals surface area contributed by atoms with Crippen molar-refractivity contribution in [2.24, 2.45) is 0 Å². The second-order valence-electron chi connectivity index (χ2n) is 4.93. The molecule has 0 aromatic heterocycles. The SMILES string of the molecule is CC1(C)CN(c2cccc(Cl)c2CO)CCS1. The van der Waals surface area contributed by atoms with E-state index in [9.17, 15) is 5.11 Å². The molecule has 0 spiro atoms. The molecule has 4 heteroatoms. The smallest absolute Gasteiger partial charge is 0.0716 e. The molecule has 0 radical (unpaired) electrons. The second-order valence-corrected chi connectivity index (χ2v) is 7.13. The molecule has 17 heavy (non-hydrogen) atoms. The van der Waals surface area contributed by atoms with E-state index in [-0.39, 0.29) is 11.4 Å². The van der Waals surface area contributed by atoms with Gasteiger partial charge in [0.2, 0.25) is 0 Å². The Hall–Kier alpha value is -0.380. The Morgan fingerprint density at radius 3 is 2.88 bits per heavy atom. The minimum Gasteiger partial charge on any atom is -0.392 e. The van der Waals surface area contributed by atoms with Crippen molar-refractivity contribution in [3.05, 3.63) is 28.8 Å². The minimum atomic E-state index is -0.000915. The highest BCUT2D eigenvalue weighted by atomic mass is 35.5. The average Bonchev–Trinajstić information content (AvgIpc) is 2.27. The largest absolute Gasteiger partial charge is 0.392 e. The zero-order chi connectivity index (χ0) is 12.5. The van der Waals surface area contributed by atoms with E-state index in [0.29, 0.717) is 5.02 Å². The van der Waals surface area contributed by atoms with Crippen molar-refractivity contribution in [3.63, 3.8) is 0 Å². The molecule has 0 atom stereocenters. The van der Waals surface area contributed by atoms with Gasteiger partial charge in [-0.25, -0.2) is 0 Å². The Balaban J connectivity index is 2.30. The van der Waals surface area contributed by atoms with Crippen LogP contribution in [0.5, 0.6) is 0 Å². The summed E-state index contributed by atoms with van der Waals surface area (Å²) < 4.78 is 0.257. The molecule has 1 aromatic rings. The summed E-state index contributed by atoms with van der Waals surface area (Å²) in [4.78, 5) is 2.33. The molecule has 1 aliphatic rings. The lowest BCUT2D eigenvalue weighted by Gasteiger charge is -2.39. The third-order valence-electron chi connectivity index (χ3n) is 3.02. The van der Waals surface area contributed by atoms with E-state index in [2.05, 4.69) is 18.7 Å². The van der Waals surface area contributed by atoms with Gasteiger partial charge in [0, 0.05) is 39.9 Å². The minimum absolute atomic E-state index is 0.000915. The summed E-state index contributed by atoms with van der Waals surface area (Å²) >= 11 is 8.13. The fourth-order valence-corrected chi connectivity index (χ4v) is 3.56. The third kappa shape index (κ3) is 2.90. The van der Waals surface area contributed by atoms with Gasteiger partial charge in [-0.2, -0.15) is 11.8 Å². The maximum absolute atomic E-state index is 9.44. The standard InChI is InChI=1S/C13H18ClNOS/c1-13(2)9-15(6-7-17-13)12-5-3-4-11(14)10(12)8-16/h3-5,16H,6-9H2,1-2H3. The van der Waals surface area contributed by atoms with E-state index in [1.54, 1.807) is 0 Å². The molecule has 1 aliphatic heterocycles. The number of hydrogen-bond acceptors (Lipinski definition) is 3. The highest BCUT2D eigenvalue weighted by Crippen LogP contribution is 2.35. The van der Waals surface area contributed by atoms with Crippen LogP contribution >= 0.6 is 23.4 Å². The summed E-state index contributed by atoms with van der Waals surface area (Å²) in [5.41, 5.74) is 1.92. The van der Waals surface area contributed by atoms with Crippen LogP contribution in [-0.4, -0.2) is 28.7 Å². The molecule has 94 valence electrons. The Morgan fingerprint density at radius 2 is 2.24 bits per heavy atom. The number of aliphatic hydroxyl groups is 1. The molecule has 0 saturated carbocycles. The molecule has 1 heterocycles. The Bertz CT molecular complexity index is 408. The van der Waals surface area contributed by atoms with Gasteiger partial charge in [0.05, 0.1) is 6.61 Å². The monoisotopic (exact) mass is 271 g/mol. The first-order valence-corrected chi connectivity index (χ1v) is 7.17. The summed E-state index contributed by atoms with van der Waals surface area (Å²) in [6.45, 7) is 6.52. The molecule has 0 amide bonds. The van der Waals surface area contributed by atoms with Crippen LogP contribution in [0.25, 0.3) is 0 Å². The lowest BCUT2D eigenvalue weighted by Crippen LogP contribution is -2.43. The summed E-state index contributed by atoms with van der Waals surface area (Å²) in [5, 5.41) is 10.1. The van der Waals surface area contributed by atoms with Crippen molar-refractivity contribution >= 4 is 29.1 Å². The van der Waals surface area contributed by atoms with Gasteiger partial charge < -0.3 is 10.0 Å². The first-order valence-electron chi connectivity index (χ1n) is 5.81. The van der Waals surface area contributed by atoms with Gasteiger partial charge in [0.1, 0.15) is 0 Å². The van der Waals surface area contributed by atoms with Crippen molar-refractivity contribution in [3.8, 4) is 0 Å². The van der Waals surface area contributed by atoms with Gasteiger partial charge in [-0.3, -0.25) is 0 Å². The molecule has 1 N–H and O–H groups in total. The number of nitrogens with zero attached hydrogens (tertiary/aromatic N) is 1. The maximum atomic E-state index is 9.44. The summed E-state index contributed by atoms with van der Waals surface area (Å²) in [6.07, 6.45) is 0. The topological polar surface area (TPSA) is 23.5 Å². The lowest BCUT2D eigenvalue weighted by atomic mass is 10.1. The molecule has 1 aromatic carbocycles. The van der Waals surface area contributed by atoms with Crippen molar-refractivity contribution in [1.29, 1.82) is 0 Å². The highest BCUT2D eigenvalue weighted by Gasteiger charge is 2.28.